The van der Waals surface area contributed by atoms with Crippen molar-refractivity contribution in [2.24, 2.45) is 0 Å². The second kappa shape index (κ2) is 5.22. The van der Waals surface area contributed by atoms with Gasteiger partial charge < -0.3 is 0 Å². The zero-order valence-corrected chi connectivity index (χ0v) is 11.4. The number of halogens is 3. The summed E-state index contributed by atoms with van der Waals surface area (Å²) in [6.45, 7) is 0. The molecule has 0 unspecified atom stereocenters. The third-order valence-corrected chi connectivity index (χ3v) is 3.37. The normalized spacial score (nSPS) is 10.8. The van der Waals surface area contributed by atoms with Gasteiger partial charge in [0.1, 0.15) is 4.84 Å². The molecule has 0 atom stereocenters. The summed E-state index contributed by atoms with van der Waals surface area (Å²) < 4.78 is 1.08. The van der Waals surface area contributed by atoms with Crippen LogP contribution in [0.5, 0.6) is 0 Å². The highest BCUT2D eigenvalue weighted by molar-refractivity contribution is 9.10. The van der Waals surface area contributed by atoms with Crippen molar-refractivity contribution in [3.05, 3.63) is 58.6 Å². The van der Waals surface area contributed by atoms with Gasteiger partial charge in [-0.15, -0.1) is 23.2 Å². The molecule has 0 aliphatic heterocycles. The lowest BCUT2D eigenvalue weighted by Gasteiger charge is -2.05. The molecule has 0 saturated carbocycles. The van der Waals surface area contributed by atoms with Crippen LogP contribution < -0.4 is 0 Å². The van der Waals surface area contributed by atoms with Crippen molar-refractivity contribution in [3.63, 3.8) is 0 Å². The molecule has 0 heterocycles. The van der Waals surface area contributed by atoms with Crippen LogP contribution in [0, 0.1) is 0 Å². The SMILES string of the molecule is ClC(Cl)c1ccc(-c2ccc(Br)cc2)cc1. The first-order chi connectivity index (χ1) is 7.66. The maximum Gasteiger partial charge on any atom is 0.132 e. The van der Waals surface area contributed by atoms with E-state index in [9.17, 15) is 0 Å². The minimum absolute atomic E-state index is 0.459. The molecule has 0 spiro atoms. The highest BCUT2D eigenvalue weighted by Gasteiger charge is 2.03. The van der Waals surface area contributed by atoms with Crippen molar-refractivity contribution in [1.29, 1.82) is 0 Å². The number of benzene rings is 2. The minimum Gasteiger partial charge on any atom is -0.100 e. The summed E-state index contributed by atoms with van der Waals surface area (Å²) in [5.74, 6) is 0. The van der Waals surface area contributed by atoms with Crippen LogP contribution in [0.1, 0.15) is 10.4 Å². The van der Waals surface area contributed by atoms with E-state index in [-0.39, 0.29) is 0 Å². The molecule has 0 bridgehead atoms. The third kappa shape index (κ3) is 2.79. The van der Waals surface area contributed by atoms with Crippen LogP contribution in [0.3, 0.4) is 0 Å². The van der Waals surface area contributed by atoms with Crippen molar-refractivity contribution in [2.45, 2.75) is 4.84 Å². The molecule has 0 fully saturated rings. The Balaban J connectivity index is 2.31. The number of alkyl halides is 2. The molecule has 0 amide bonds. The first-order valence-electron chi connectivity index (χ1n) is 4.81. The second-order valence-corrected chi connectivity index (χ2v) is 5.44. The van der Waals surface area contributed by atoms with Gasteiger partial charge in [-0.2, -0.15) is 0 Å². The number of hydrogen-bond acceptors (Lipinski definition) is 0. The summed E-state index contributed by atoms with van der Waals surface area (Å²) in [5.41, 5.74) is 3.25. The molecule has 0 radical (unpaired) electrons. The molecular formula is C13H9BrCl2. The molecule has 3 heteroatoms. The first-order valence-corrected chi connectivity index (χ1v) is 6.47. The van der Waals surface area contributed by atoms with Crippen LogP contribution in [0.2, 0.25) is 0 Å². The molecule has 0 saturated heterocycles. The average molecular weight is 316 g/mol. The Morgan fingerprint density at radius 3 is 1.62 bits per heavy atom. The van der Waals surface area contributed by atoms with Gasteiger partial charge in [0.05, 0.1) is 0 Å². The van der Waals surface area contributed by atoms with Crippen molar-refractivity contribution in [2.75, 3.05) is 0 Å². The fraction of sp³-hybridized carbons (Fsp3) is 0.0769. The van der Waals surface area contributed by atoms with Crippen molar-refractivity contribution in [1.82, 2.24) is 0 Å². The molecule has 82 valence electrons. The van der Waals surface area contributed by atoms with E-state index in [4.69, 9.17) is 23.2 Å². The van der Waals surface area contributed by atoms with Gasteiger partial charge in [0.15, 0.2) is 0 Å². The van der Waals surface area contributed by atoms with Gasteiger partial charge in [0.25, 0.3) is 0 Å². The smallest absolute Gasteiger partial charge is 0.100 e. The van der Waals surface area contributed by atoms with Gasteiger partial charge in [-0.1, -0.05) is 52.3 Å². The molecule has 0 nitrogen and oxygen atoms in total. The van der Waals surface area contributed by atoms with Crippen molar-refractivity contribution < 1.29 is 0 Å². The van der Waals surface area contributed by atoms with Gasteiger partial charge in [0, 0.05) is 4.47 Å². The summed E-state index contributed by atoms with van der Waals surface area (Å²) in [6.07, 6.45) is 0. The van der Waals surface area contributed by atoms with Gasteiger partial charge in [-0.3, -0.25) is 0 Å². The quantitative estimate of drug-likeness (QED) is 0.633. The van der Waals surface area contributed by atoms with E-state index in [1.165, 1.54) is 5.56 Å². The van der Waals surface area contributed by atoms with Gasteiger partial charge in [-0.05, 0) is 28.8 Å². The summed E-state index contributed by atoms with van der Waals surface area (Å²) in [7, 11) is 0. The minimum atomic E-state index is -0.459. The topological polar surface area (TPSA) is 0 Å². The monoisotopic (exact) mass is 314 g/mol. The molecule has 16 heavy (non-hydrogen) atoms. The van der Waals surface area contributed by atoms with Gasteiger partial charge in [0.2, 0.25) is 0 Å². The third-order valence-electron chi connectivity index (χ3n) is 2.34. The van der Waals surface area contributed by atoms with Crippen LogP contribution in [0.15, 0.2) is 53.0 Å². The number of rotatable bonds is 2. The lowest BCUT2D eigenvalue weighted by molar-refractivity contribution is 1.35. The highest BCUT2D eigenvalue weighted by atomic mass is 79.9. The maximum atomic E-state index is 5.78. The Bertz CT molecular complexity index is 460. The molecule has 0 aliphatic carbocycles. The molecule has 2 aromatic carbocycles. The zero-order valence-electron chi connectivity index (χ0n) is 8.33. The fourth-order valence-corrected chi connectivity index (χ4v) is 2.02. The van der Waals surface area contributed by atoms with E-state index in [0.717, 1.165) is 15.6 Å². The van der Waals surface area contributed by atoms with E-state index < -0.39 is 4.84 Å². The highest BCUT2D eigenvalue weighted by Crippen LogP contribution is 2.27. The van der Waals surface area contributed by atoms with E-state index in [1.807, 2.05) is 36.4 Å². The first kappa shape index (κ1) is 12.0. The summed E-state index contributed by atoms with van der Waals surface area (Å²) in [5, 5.41) is 0. The van der Waals surface area contributed by atoms with E-state index in [0.29, 0.717) is 0 Å². The largest absolute Gasteiger partial charge is 0.132 e. The lowest BCUT2D eigenvalue weighted by Crippen LogP contribution is -1.82. The van der Waals surface area contributed by atoms with Crippen molar-refractivity contribution in [3.8, 4) is 11.1 Å². The van der Waals surface area contributed by atoms with Gasteiger partial charge >= 0.3 is 0 Å². The fourth-order valence-electron chi connectivity index (χ4n) is 1.46. The predicted molar refractivity (Wildman–Crippen MR) is 74.0 cm³/mol. The van der Waals surface area contributed by atoms with Crippen LogP contribution in [-0.4, -0.2) is 0 Å². The van der Waals surface area contributed by atoms with Crippen LogP contribution >= 0.6 is 39.1 Å². The van der Waals surface area contributed by atoms with Crippen molar-refractivity contribution >= 4 is 39.1 Å². The Labute approximate surface area is 113 Å². The molecule has 0 aliphatic rings. The summed E-state index contributed by atoms with van der Waals surface area (Å²) >= 11 is 15.0. The average Bonchev–Trinajstić information content (AvgIpc) is 2.30. The zero-order chi connectivity index (χ0) is 11.5. The Kier molecular flexibility index (Phi) is 3.91. The summed E-state index contributed by atoms with van der Waals surface area (Å²) in [4.78, 5) is -0.459. The number of hydrogen-bond donors (Lipinski definition) is 0. The Hall–Kier alpha value is -0.500. The van der Waals surface area contributed by atoms with E-state index in [2.05, 4.69) is 28.1 Å². The summed E-state index contributed by atoms with van der Waals surface area (Å²) in [6, 6.07) is 16.1. The van der Waals surface area contributed by atoms with Crippen LogP contribution in [0.4, 0.5) is 0 Å². The standard InChI is InChI=1S/C13H9BrCl2/c14-12-7-5-10(6-8-12)9-1-3-11(4-2-9)13(15)16/h1-8,13H. The van der Waals surface area contributed by atoms with E-state index >= 15 is 0 Å². The molecular weight excluding hydrogens is 307 g/mol. The molecule has 0 N–H and O–H groups in total. The van der Waals surface area contributed by atoms with Crippen LogP contribution in [-0.2, 0) is 0 Å². The molecule has 2 rings (SSSR count). The Morgan fingerprint density at radius 1 is 0.750 bits per heavy atom. The predicted octanol–water partition coefficient (Wildman–Crippen LogP) is 5.59. The molecule has 0 aromatic heterocycles. The molecule has 2 aromatic rings. The van der Waals surface area contributed by atoms with E-state index in [1.54, 1.807) is 0 Å². The van der Waals surface area contributed by atoms with Crippen LogP contribution in [0.25, 0.3) is 11.1 Å². The Morgan fingerprint density at radius 2 is 1.19 bits per heavy atom. The lowest BCUT2D eigenvalue weighted by atomic mass is 10.0. The maximum absolute atomic E-state index is 5.78. The second-order valence-electron chi connectivity index (χ2n) is 3.43. The van der Waals surface area contributed by atoms with Gasteiger partial charge in [-0.25, -0.2) is 0 Å².